The Morgan fingerprint density at radius 1 is 1.08 bits per heavy atom. The van der Waals surface area contributed by atoms with Crippen LogP contribution in [-0.4, -0.2) is 10.1 Å². The minimum Gasteiger partial charge on any atom is -0.464 e. The second-order valence-electron chi connectivity index (χ2n) is 6.28. The van der Waals surface area contributed by atoms with Gasteiger partial charge in [0.05, 0.1) is 11.7 Å². The molecule has 4 nitrogen and oxygen atoms in total. The van der Waals surface area contributed by atoms with E-state index in [9.17, 15) is 0 Å². The second kappa shape index (κ2) is 6.33. The van der Waals surface area contributed by atoms with Gasteiger partial charge in [0, 0.05) is 11.9 Å². The monoisotopic (exact) mass is 349 g/mol. The number of furan rings is 1. The van der Waals surface area contributed by atoms with E-state index >= 15 is 0 Å². The molecule has 4 rings (SSSR count). The number of hydrogen-bond donors (Lipinski definition) is 1. The van der Waals surface area contributed by atoms with Gasteiger partial charge in [0.15, 0.2) is 5.11 Å². The van der Waals surface area contributed by atoms with Crippen molar-refractivity contribution in [3.8, 4) is 0 Å². The molecule has 1 aliphatic rings. The van der Waals surface area contributed by atoms with Crippen LogP contribution in [0, 0.1) is 13.8 Å². The average molecular weight is 349 g/mol. The third-order valence-corrected chi connectivity index (χ3v) is 4.75. The van der Waals surface area contributed by atoms with Crippen molar-refractivity contribution in [1.29, 1.82) is 0 Å². The number of hydrogen-bond acceptors (Lipinski definition) is 3. The maximum Gasteiger partial charge on any atom is 0.174 e. The highest BCUT2D eigenvalue weighted by Crippen LogP contribution is 2.41. The summed E-state index contributed by atoms with van der Waals surface area (Å²) in [5.74, 6) is 1.76. The van der Waals surface area contributed by atoms with Crippen molar-refractivity contribution in [2.24, 2.45) is 0 Å². The Hall–Kier alpha value is -2.66. The summed E-state index contributed by atoms with van der Waals surface area (Å²) in [6.45, 7) is 4.04. The number of thiocarbonyl (C=S) groups is 1. The van der Waals surface area contributed by atoms with Gasteiger partial charge >= 0.3 is 0 Å². The SMILES string of the molecule is Cc1cccc(N2C(=S)NC(c3ccccn3)C2c2ccc(C)o2)c1. The predicted molar refractivity (Wildman–Crippen MR) is 103 cm³/mol. The summed E-state index contributed by atoms with van der Waals surface area (Å²) in [5.41, 5.74) is 3.19. The van der Waals surface area contributed by atoms with E-state index in [4.69, 9.17) is 16.6 Å². The predicted octanol–water partition coefficient (Wildman–Crippen LogP) is 4.47. The van der Waals surface area contributed by atoms with Gasteiger partial charge in [-0.3, -0.25) is 4.98 Å². The molecule has 1 aliphatic heterocycles. The quantitative estimate of drug-likeness (QED) is 0.707. The lowest BCUT2D eigenvalue weighted by Gasteiger charge is -2.26. The molecule has 1 saturated heterocycles. The summed E-state index contributed by atoms with van der Waals surface area (Å²) >= 11 is 5.67. The molecule has 5 heteroatoms. The van der Waals surface area contributed by atoms with Crippen LogP contribution in [0.4, 0.5) is 5.69 Å². The zero-order chi connectivity index (χ0) is 17.4. The third kappa shape index (κ3) is 2.91. The molecule has 3 heterocycles. The number of aromatic nitrogens is 1. The first kappa shape index (κ1) is 15.8. The fourth-order valence-corrected chi connectivity index (χ4v) is 3.66. The van der Waals surface area contributed by atoms with E-state index in [0.717, 1.165) is 22.9 Å². The molecule has 0 bridgehead atoms. The molecule has 2 unspecified atom stereocenters. The van der Waals surface area contributed by atoms with Crippen LogP contribution in [0.15, 0.2) is 65.2 Å². The van der Waals surface area contributed by atoms with Crippen LogP contribution in [0.2, 0.25) is 0 Å². The maximum atomic E-state index is 5.98. The lowest BCUT2D eigenvalue weighted by Crippen LogP contribution is -2.29. The molecular formula is C20H19N3OS. The smallest absolute Gasteiger partial charge is 0.174 e. The minimum absolute atomic E-state index is 0.0697. The number of benzene rings is 1. The summed E-state index contributed by atoms with van der Waals surface area (Å²) in [6.07, 6.45) is 1.81. The minimum atomic E-state index is -0.0853. The first-order valence-corrected chi connectivity index (χ1v) is 8.68. The van der Waals surface area contributed by atoms with Crippen molar-refractivity contribution in [3.05, 3.63) is 83.6 Å². The second-order valence-corrected chi connectivity index (χ2v) is 6.67. The van der Waals surface area contributed by atoms with Crippen LogP contribution in [0.5, 0.6) is 0 Å². The van der Waals surface area contributed by atoms with Crippen LogP contribution < -0.4 is 10.2 Å². The van der Waals surface area contributed by atoms with Gasteiger partial charge in [0.2, 0.25) is 0 Å². The van der Waals surface area contributed by atoms with Crippen LogP contribution in [-0.2, 0) is 0 Å². The van der Waals surface area contributed by atoms with E-state index in [0.29, 0.717) is 5.11 Å². The number of pyridine rings is 1. The highest BCUT2D eigenvalue weighted by atomic mass is 32.1. The Kier molecular flexibility index (Phi) is 4.01. The lowest BCUT2D eigenvalue weighted by molar-refractivity contribution is 0.418. The summed E-state index contributed by atoms with van der Waals surface area (Å²) in [5, 5.41) is 4.11. The molecule has 2 aromatic heterocycles. The van der Waals surface area contributed by atoms with E-state index in [2.05, 4.69) is 40.3 Å². The number of anilines is 1. The molecule has 25 heavy (non-hydrogen) atoms. The van der Waals surface area contributed by atoms with Crippen molar-refractivity contribution in [2.45, 2.75) is 25.9 Å². The van der Waals surface area contributed by atoms with Crippen LogP contribution in [0.1, 0.15) is 34.9 Å². The number of rotatable bonds is 3. The zero-order valence-electron chi connectivity index (χ0n) is 14.1. The van der Waals surface area contributed by atoms with E-state index in [1.54, 1.807) is 6.20 Å². The van der Waals surface area contributed by atoms with Crippen molar-refractivity contribution in [1.82, 2.24) is 10.3 Å². The fraction of sp³-hybridized carbons (Fsp3) is 0.200. The molecular weight excluding hydrogens is 330 g/mol. The summed E-state index contributed by atoms with van der Waals surface area (Å²) in [4.78, 5) is 6.66. The molecule has 3 aromatic rings. The number of nitrogens with zero attached hydrogens (tertiary/aromatic N) is 2. The fourth-order valence-electron chi connectivity index (χ4n) is 3.31. The Labute approximate surface area is 152 Å². The largest absolute Gasteiger partial charge is 0.464 e. The van der Waals surface area contributed by atoms with Crippen molar-refractivity contribution in [2.75, 3.05) is 4.90 Å². The Balaban J connectivity index is 1.83. The van der Waals surface area contributed by atoms with E-state index in [-0.39, 0.29) is 12.1 Å². The average Bonchev–Trinajstić information content (AvgIpc) is 3.18. The molecule has 0 aliphatic carbocycles. The first-order chi connectivity index (χ1) is 12.1. The topological polar surface area (TPSA) is 41.3 Å². The van der Waals surface area contributed by atoms with Gasteiger partial charge in [0.25, 0.3) is 0 Å². The van der Waals surface area contributed by atoms with Gasteiger partial charge in [-0.2, -0.15) is 0 Å². The number of nitrogens with one attached hydrogen (secondary N) is 1. The molecule has 0 spiro atoms. The van der Waals surface area contributed by atoms with Crippen LogP contribution in [0.3, 0.4) is 0 Å². The normalized spacial score (nSPS) is 19.9. The van der Waals surface area contributed by atoms with Gasteiger partial charge in [-0.15, -0.1) is 0 Å². The van der Waals surface area contributed by atoms with Crippen LogP contribution >= 0.6 is 12.2 Å². The van der Waals surface area contributed by atoms with Crippen molar-refractivity contribution in [3.63, 3.8) is 0 Å². The van der Waals surface area contributed by atoms with Crippen LogP contribution in [0.25, 0.3) is 0 Å². The van der Waals surface area contributed by atoms with Crippen molar-refractivity contribution < 1.29 is 4.42 Å². The number of aryl methyl sites for hydroxylation is 2. The lowest BCUT2D eigenvalue weighted by atomic mass is 10.0. The van der Waals surface area contributed by atoms with Gasteiger partial charge in [-0.25, -0.2) is 0 Å². The summed E-state index contributed by atoms with van der Waals surface area (Å²) in [7, 11) is 0. The molecule has 0 amide bonds. The maximum absolute atomic E-state index is 5.98. The Bertz CT molecular complexity index is 906. The molecule has 2 atom stereocenters. The highest BCUT2D eigenvalue weighted by Gasteiger charge is 2.42. The summed E-state index contributed by atoms with van der Waals surface area (Å²) < 4.78 is 5.98. The molecule has 1 N–H and O–H groups in total. The third-order valence-electron chi connectivity index (χ3n) is 4.43. The zero-order valence-corrected chi connectivity index (χ0v) is 15.0. The Morgan fingerprint density at radius 2 is 1.96 bits per heavy atom. The van der Waals surface area contributed by atoms with Crippen molar-refractivity contribution >= 4 is 23.0 Å². The van der Waals surface area contributed by atoms with Gasteiger partial charge in [0.1, 0.15) is 17.6 Å². The van der Waals surface area contributed by atoms with Gasteiger partial charge in [-0.05, 0) is 68.0 Å². The molecule has 126 valence electrons. The molecule has 0 radical (unpaired) electrons. The van der Waals surface area contributed by atoms with Gasteiger partial charge < -0.3 is 14.6 Å². The van der Waals surface area contributed by atoms with Gasteiger partial charge in [-0.1, -0.05) is 18.2 Å². The highest BCUT2D eigenvalue weighted by molar-refractivity contribution is 7.80. The standard InChI is InChI=1S/C20H19N3OS/c1-13-6-5-7-15(12-13)23-19(17-10-9-14(2)24-17)18(22-20(23)25)16-8-3-4-11-21-16/h3-12,18-19H,1-2H3,(H,22,25). The van der Waals surface area contributed by atoms with E-state index < -0.39 is 0 Å². The molecule has 0 saturated carbocycles. The Morgan fingerprint density at radius 3 is 2.64 bits per heavy atom. The summed E-state index contributed by atoms with van der Waals surface area (Å²) in [6, 6.07) is 18.1. The van der Waals surface area contributed by atoms with E-state index in [1.165, 1.54) is 5.56 Å². The first-order valence-electron chi connectivity index (χ1n) is 8.27. The molecule has 1 fully saturated rings. The van der Waals surface area contributed by atoms with E-state index in [1.807, 2.05) is 43.3 Å². The molecule has 1 aromatic carbocycles.